The van der Waals surface area contributed by atoms with E-state index in [1.807, 2.05) is 41.3 Å². The maximum atomic E-state index is 12.9. The van der Waals surface area contributed by atoms with Gasteiger partial charge in [0.15, 0.2) is 0 Å². The normalized spacial score (nSPS) is 15.2. The van der Waals surface area contributed by atoms with Gasteiger partial charge in [0.25, 0.3) is 0 Å². The van der Waals surface area contributed by atoms with Crippen LogP contribution in [0.3, 0.4) is 0 Å². The quantitative estimate of drug-likeness (QED) is 0.388. The van der Waals surface area contributed by atoms with Crippen molar-refractivity contribution in [3.8, 4) is 0 Å². The molecule has 1 aliphatic heterocycles. The van der Waals surface area contributed by atoms with Gasteiger partial charge in [-0.3, -0.25) is 14.6 Å². The van der Waals surface area contributed by atoms with Gasteiger partial charge >= 0.3 is 6.18 Å². The molecule has 0 saturated carbocycles. The molecule has 0 radical (unpaired) electrons. The van der Waals surface area contributed by atoms with Crippen LogP contribution in [0.5, 0.6) is 0 Å². The highest BCUT2D eigenvalue weighted by molar-refractivity contribution is 5.92. The van der Waals surface area contributed by atoms with Gasteiger partial charge in [-0.2, -0.15) is 13.2 Å². The molecule has 0 unspecified atom stereocenters. The molecule has 1 saturated heterocycles. The van der Waals surface area contributed by atoms with Gasteiger partial charge in [-0.25, -0.2) is 4.98 Å². The zero-order valence-electron chi connectivity index (χ0n) is 20.3. The van der Waals surface area contributed by atoms with E-state index in [4.69, 9.17) is 4.98 Å². The summed E-state index contributed by atoms with van der Waals surface area (Å²) in [4.78, 5) is 21.7. The Morgan fingerprint density at radius 1 is 0.838 bits per heavy atom. The molecule has 5 rings (SSSR count). The Labute approximate surface area is 213 Å². The first-order valence-electron chi connectivity index (χ1n) is 12.2. The average Bonchev–Trinajstić information content (AvgIpc) is 3.22. The minimum Gasteiger partial charge on any atom is -0.325 e. The predicted octanol–water partition coefficient (Wildman–Crippen LogP) is 4.86. The number of anilines is 1. The zero-order valence-corrected chi connectivity index (χ0v) is 20.3. The Balaban J connectivity index is 1.18. The number of rotatable bonds is 7. The number of nitrogens with one attached hydrogen (secondary N) is 1. The standard InChI is InChI=1S/C28H28F3N5O/c29-28(30,31)22-9-6-10-23(17-22)32-27(37)20-35-15-13-34(14-16-35)19-26-33-24-11-4-5-12-25(24)36(26)18-21-7-2-1-3-8-21/h1-12,17H,13-16,18-20H2,(H,32,37). The van der Waals surface area contributed by atoms with Crippen LogP contribution in [-0.4, -0.2) is 58.0 Å². The molecule has 0 bridgehead atoms. The van der Waals surface area contributed by atoms with E-state index in [0.717, 1.165) is 48.6 Å². The van der Waals surface area contributed by atoms with Crippen LogP contribution >= 0.6 is 0 Å². The van der Waals surface area contributed by atoms with E-state index < -0.39 is 11.7 Å². The van der Waals surface area contributed by atoms with Gasteiger partial charge < -0.3 is 9.88 Å². The third kappa shape index (κ3) is 6.18. The number of carbonyl (C=O) groups excluding carboxylic acids is 1. The van der Waals surface area contributed by atoms with Crippen LogP contribution in [0.4, 0.5) is 18.9 Å². The predicted molar refractivity (Wildman–Crippen MR) is 137 cm³/mol. The van der Waals surface area contributed by atoms with Crippen LogP contribution in [0.1, 0.15) is 17.0 Å². The third-order valence-electron chi connectivity index (χ3n) is 6.59. The summed E-state index contributed by atoms with van der Waals surface area (Å²) in [5.74, 6) is 0.679. The first-order valence-corrected chi connectivity index (χ1v) is 12.2. The lowest BCUT2D eigenvalue weighted by atomic mass is 10.2. The smallest absolute Gasteiger partial charge is 0.325 e. The van der Waals surface area contributed by atoms with Crippen molar-refractivity contribution in [3.63, 3.8) is 0 Å². The lowest BCUT2D eigenvalue weighted by Gasteiger charge is -2.34. The number of fused-ring (bicyclic) bond motifs is 1. The number of benzene rings is 3. The molecule has 6 nitrogen and oxygen atoms in total. The monoisotopic (exact) mass is 507 g/mol. The molecular formula is C28H28F3N5O. The first kappa shape index (κ1) is 25.0. The number of hydrogen-bond donors (Lipinski definition) is 1. The molecule has 9 heteroatoms. The minimum absolute atomic E-state index is 0.136. The van der Waals surface area contributed by atoms with Crippen LogP contribution in [0, 0.1) is 0 Å². The van der Waals surface area contributed by atoms with E-state index in [0.29, 0.717) is 19.6 Å². The maximum Gasteiger partial charge on any atom is 0.416 e. The summed E-state index contributed by atoms with van der Waals surface area (Å²) in [6, 6.07) is 23.2. The Morgan fingerprint density at radius 2 is 1.54 bits per heavy atom. The Kier molecular flexibility index (Phi) is 7.25. The summed E-state index contributed by atoms with van der Waals surface area (Å²) in [5, 5.41) is 2.59. The van der Waals surface area contributed by atoms with Crippen LogP contribution in [0.25, 0.3) is 11.0 Å². The second-order valence-electron chi connectivity index (χ2n) is 9.27. The summed E-state index contributed by atoms with van der Waals surface area (Å²) in [6.07, 6.45) is -4.45. The van der Waals surface area contributed by atoms with Crippen molar-refractivity contribution in [2.45, 2.75) is 19.3 Å². The number of piperazine rings is 1. The summed E-state index contributed by atoms with van der Waals surface area (Å²) in [6.45, 7) is 4.50. The minimum atomic E-state index is -4.45. The molecule has 1 amide bonds. The van der Waals surface area contributed by atoms with Gasteiger partial charge in [0.2, 0.25) is 5.91 Å². The van der Waals surface area contributed by atoms with Gasteiger partial charge in [-0.1, -0.05) is 48.5 Å². The van der Waals surface area contributed by atoms with Gasteiger partial charge in [0, 0.05) is 38.4 Å². The number of imidazole rings is 1. The van der Waals surface area contributed by atoms with E-state index in [9.17, 15) is 18.0 Å². The molecule has 1 aromatic heterocycles. The number of halogens is 3. The second-order valence-corrected chi connectivity index (χ2v) is 9.27. The van der Waals surface area contributed by atoms with Crippen LogP contribution in [-0.2, 0) is 24.1 Å². The molecule has 2 heterocycles. The fourth-order valence-corrected chi connectivity index (χ4v) is 4.67. The van der Waals surface area contributed by atoms with E-state index in [1.165, 1.54) is 17.7 Å². The number of carbonyl (C=O) groups is 1. The number of para-hydroxylation sites is 2. The number of aromatic nitrogens is 2. The van der Waals surface area contributed by atoms with Gasteiger partial charge in [0.05, 0.1) is 29.7 Å². The van der Waals surface area contributed by atoms with E-state index >= 15 is 0 Å². The lowest BCUT2D eigenvalue weighted by Crippen LogP contribution is -2.48. The topological polar surface area (TPSA) is 53.4 Å². The second kappa shape index (κ2) is 10.7. The molecule has 0 spiro atoms. The van der Waals surface area contributed by atoms with Crippen molar-refractivity contribution in [1.29, 1.82) is 0 Å². The molecule has 1 N–H and O–H groups in total. The van der Waals surface area contributed by atoms with Crippen molar-refractivity contribution >= 4 is 22.6 Å². The molecule has 37 heavy (non-hydrogen) atoms. The van der Waals surface area contributed by atoms with Crippen molar-refractivity contribution in [2.75, 3.05) is 38.0 Å². The molecule has 192 valence electrons. The molecule has 0 atom stereocenters. The highest BCUT2D eigenvalue weighted by Crippen LogP contribution is 2.30. The summed E-state index contributed by atoms with van der Waals surface area (Å²) < 4.78 is 41.1. The maximum absolute atomic E-state index is 12.9. The third-order valence-corrected chi connectivity index (χ3v) is 6.59. The van der Waals surface area contributed by atoms with Gasteiger partial charge in [-0.15, -0.1) is 0 Å². The zero-order chi connectivity index (χ0) is 25.8. The average molecular weight is 508 g/mol. The van der Waals surface area contributed by atoms with E-state index in [-0.39, 0.29) is 18.1 Å². The number of alkyl halides is 3. The van der Waals surface area contributed by atoms with Gasteiger partial charge in [0.1, 0.15) is 5.82 Å². The van der Waals surface area contributed by atoms with Crippen molar-refractivity contribution < 1.29 is 18.0 Å². The van der Waals surface area contributed by atoms with E-state index in [1.54, 1.807) is 0 Å². The number of nitrogens with zero attached hydrogens (tertiary/aromatic N) is 4. The molecule has 1 aliphatic rings. The van der Waals surface area contributed by atoms with E-state index in [2.05, 4.69) is 33.0 Å². The van der Waals surface area contributed by atoms with Crippen LogP contribution in [0.15, 0.2) is 78.9 Å². The molecule has 4 aromatic rings. The van der Waals surface area contributed by atoms with Crippen molar-refractivity contribution in [2.24, 2.45) is 0 Å². The fraction of sp³-hybridized carbons (Fsp3) is 0.286. The molecular weight excluding hydrogens is 479 g/mol. The van der Waals surface area contributed by atoms with Crippen molar-refractivity contribution in [3.05, 3.63) is 95.8 Å². The number of amides is 1. The number of hydrogen-bond acceptors (Lipinski definition) is 4. The Morgan fingerprint density at radius 3 is 2.30 bits per heavy atom. The highest BCUT2D eigenvalue weighted by atomic mass is 19.4. The molecule has 1 fully saturated rings. The first-order chi connectivity index (χ1) is 17.8. The SMILES string of the molecule is O=C(CN1CCN(Cc2nc3ccccc3n2Cc2ccccc2)CC1)Nc1cccc(C(F)(F)F)c1. The Bertz CT molecular complexity index is 1360. The summed E-state index contributed by atoms with van der Waals surface area (Å²) >= 11 is 0. The largest absolute Gasteiger partial charge is 0.416 e. The molecule has 0 aliphatic carbocycles. The molecule has 3 aromatic carbocycles. The van der Waals surface area contributed by atoms with Crippen LogP contribution < -0.4 is 5.32 Å². The fourth-order valence-electron chi connectivity index (χ4n) is 4.67. The highest BCUT2D eigenvalue weighted by Gasteiger charge is 2.30. The summed E-state index contributed by atoms with van der Waals surface area (Å²) in [5.41, 5.74) is 2.65. The van der Waals surface area contributed by atoms with Crippen molar-refractivity contribution in [1.82, 2.24) is 19.4 Å². The van der Waals surface area contributed by atoms with Crippen LogP contribution in [0.2, 0.25) is 0 Å². The summed E-state index contributed by atoms with van der Waals surface area (Å²) in [7, 11) is 0. The Hall–Kier alpha value is -3.69. The van der Waals surface area contributed by atoms with Gasteiger partial charge in [-0.05, 0) is 35.9 Å². The lowest BCUT2D eigenvalue weighted by molar-refractivity contribution is -0.137.